The molecule has 40 nitrogen and oxygen atoms in total. The summed E-state index contributed by atoms with van der Waals surface area (Å²) in [5.74, 6) is -15.5. The largest absolute Gasteiger partial charge is 0.481 e. The van der Waals surface area contributed by atoms with Gasteiger partial charge in [0.2, 0.25) is 76.8 Å². The van der Waals surface area contributed by atoms with Crippen LogP contribution in [0.2, 0.25) is 0 Å². The van der Waals surface area contributed by atoms with E-state index in [1.54, 1.807) is 72.0 Å². The lowest BCUT2D eigenvalue weighted by atomic mass is 9.97. The van der Waals surface area contributed by atoms with Gasteiger partial charge in [0.1, 0.15) is 72.5 Å². The summed E-state index contributed by atoms with van der Waals surface area (Å²) < 4.78 is 0. The first-order valence-corrected chi connectivity index (χ1v) is 41.0. The van der Waals surface area contributed by atoms with Gasteiger partial charge < -0.3 is 123 Å². The number of aliphatic imine (C=N–C) groups is 1. The van der Waals surface area contributed by atoms with Gasteiger partial charge in [0, 0.05) is 61.3 Å². The van der Waals surface area contributed by atoms with Gasteiger partial charge in [-0.15, -0.1) is 0 Å². The Kier molecular flexibility index (Phi) is 43.5. The van der Waals surface area contributed by atoms with E-state index in [9.17, 15) is 72.9 Å². The fraction of sp³-hybridized carbons (Fsp3) is 0.658. The number of aliphatic carboxylic acids is 2. The summed E-state index contributed by atoms with van der Waals surface area (Å²) in [5, 5.41) is 60.9. The zero-order valence-electron chi connectivity index (χ0n) is 70.1. The molecule has 4 rings (SSSR count). The molecule has 0 unspecified atom stereocenters. The minimum absolute atomic E-state index is 0.00102. The molecule has 0 radical (unpaired) electrons. The molecule has 14 atom stereocenters. The number of imidazole rings is 1. The number of fused-ring (bicyclic) bond motifs is 1. The average molecular weight is 1680 g/mol. The van der Waals surface area contributed by atoms with Crippen molar-refractivity contribution in [1.29, 1.82) is 0 Å². The lowest BCUT2D eigenvalue weighted by Gasteiger charge is -2.32. The first-order chi connectivity index (χ1) is 56.3. The van der Waals surface area contributed by atoms with E-state index in [0.717, 1.165) is 0 Å². The zero-order chi connectivity index (χ0) is 88.8. The van der Waals surface area contributed by atoms with Crippen LogP contribution >= 0.6 is 0 Å². The summed E-state index contributed by atoms with van der Waals surface area (Å²) in [6, 6.07) is -10.7. The highest BCUT2D eigenvalue weighted by Gasteiger charge is 2.42. The predicted octanol–water partition coefficient (Wildman–Crippen LogP) is -2.46. The topological polar surface area (TPSA) is 651 Å². The summed E-state index contributed by atoms with van der Waals surface area (Å²) in [5.41, 5.74) is 30.9. The molecule has 0 spiro atoms. The van der Waals surface area contributed by atoms with E-state index in [1.807, 2.05) is 27.7 Å². The number of amides is 13. The number of hydrogen-bond acceptors (Lipinski definition) is 21. The number of H-pyrrole nitrogens is 2. The van der Waals surface area contributed by atoms with Crippen molar-refractivity contribution >= 4 is 106 Å². The number of carbonyl (C=O) groups excluding carboxylic acids is 13. The van der Waals surface area contributed by atoms with E-state index >= 15 is 14.4 Å². The Bertz CT molecular complexity index is 3870. The minimum Gasteiger partial charge on any atom is -0.481 e. The predicted molar refractivity (Wildman–Crippen MR) is 441 cm³/mol. The Balaban J connectivity index is 1.68. The maximum atomic E-state index is 15.3. The van der Waals surface area contributed by atoms with Gasteiger partial charge in [0.05, 0.1) is 25.5 Å². The number of aliphatic hydroxyl groups is 1. The fourth-order valence-electron chi connectivity index (χ4n) is 13.4. The molecule has 27 N–H and O–H groups in total. The normalized spacial score (nSPS) is 16.0. The van der Waals surface area contributed by atoms with Crippen molar-refractivity contribution < 1.29 is 87.2 Å². The van der Waals surface area contributed by atoms with Gasteiger partial charge in [-0.1, -0.05) is 93.9 Å². The van der Waals surface area contributed by atoms with Crippen LogP contribution < -0.4 is 92.5 Å². The summed E-state index contributed by atoms with van der Waals surface area (Å²) in [4.78, 5) is 226. The van der Waals surface area contributed by atoms with Gasteiger partial charge in [0.15, 0.2) is 5.96 Å². The van der Waals surface area contributed by atoms with Crippen molar-refractivity contribution in [1.82, 2.24) is 83.7 Å². The molecule has 1 aliphatic heterocycles. The van der Waals surface area contributed by atoms with Crippen molar-refractivity contribution in [2.24, 2.45) is 63.3 Å². The number of unbranched alkanes of at least 4 members (excludes halogenated alkanes) is 2. The van der Waals surface area contributed by atoms with Gasteiger partial charge in [-0.25, -0.2) is 9.78 Å². The quantitative estimate of drug-likeness (QED) is 0.0158. The first-order valence-electron chi connectivity index (χ1n) is 41.0. The van der Waals surface area contributed by atoms with E-state index in [-0.39, 0.29) is 126 Å². The third-order valence-electron chi connectivity index (χ3n) is 20.2. The number of carbonyl (C=O) groups is 15. The van der Waals surface area contributed by atoms with E-state index in [0.29, 0.717) is 54.3 Å². The van der Waals surface area contributed by atoms with Gasteiger partial charge >= 0.3 is 11.9 Å². The Morgan fingerprint density at radius 3 is 1.57 bits per heavy atom. The molecule has 3 heterocycles. The van der Waals surface area contributed by atoms with Gasteiger partial charge in [-0.2, -0.15) is 0 Å². The van der Waals surface area contributed by atoms with E-state index in [2.05, 4.69) is 83.7 Å². The molecule has 3 aromatic rings. The highest BCUT2D eigenvalue weighted by molar-refractivity contribution is 6.00. The molecule has 40 heteroatoms. The Morgan fingerprint density at radius 1 is 0.555 bits per heavy atom. The second-order valence-electron chi connectivity index (χ2n) is 31.9. The van der Waals surface area contributed by atoms with Crippen LogP contribution in [-0.2, 0) is 84.8 Å². The Labute approximate surface area is 693 Å². The molecule has 664 valence electrons. The summed E-state index contributed by atoms with van der Waals surface area (Å²) in [7, 11) is 0. The molecule has 13 amide bonds. The molecule has 119 heavy (non-hydrogen) atoms. The smallest absolute Gasteiger partial charge is 0.328 e. The highest BCUT2D eigenvalue weighted by atomic mass is 16.4. The maximum Gasteiger partial charge on any atom is 0.328 e. The number of guanidine groups is 1. The lowest BCUT2D eigenvalue weighted by Crippen LogP contribution is -2.61. The second-order valence-corrected chi connectivity index (χ2v) is 31.9. The fourth-order valence-corrected chi connectivity index (χ4v) is 13.4. The van der Waals surface area contributed by atoms with Crippen molar-refractivity contribution in [3.63, 3.8) is 0 Å². The van der Waals surface area contributed by atoms with Crippen molar-refractivity contribution in [2.45, 2.75) is 263 Å². The van der Waals surface area contributed by atoms with Gasteiger partial charge in [-0.3, -0.25) is 72.1 Å². The number of carboxylic acid groups (broad SMARTS) is 2. The van der Waals surface area contributed by atoms with Crippen LogP contribution in [0.1, 0.15) is 183 Å². The summed E-state index contributed by atoms with van der Waals surface area (Å²) in [6.07, 6.45) is 5.18. The monoisotopic (exact) mass is 1670 g/mol. The van der Waals surface area contributed by atoms with Crippen LogP contribution in [0.3, 0.4) is 0 Å². The number of para-hydroxylation sites is 1. The second kappa shape index (κ2) is 51.5. The zero-order valence-corrected chi connectivity index (χ0v) is 70.1. The standard InChI is InChI=1S/C79H130N22O18/c1-11-46(10)64(82)75(115)98-59(34-44(6)7)77(117)101-31-19-25-61(101)74(114)94-52(23-15-17-29-81)70(110)100-65(45(8)9)76(116)97-57(35-47-37-87-50-21-13-12-20-49(47)50)72(112)96-58(36-48-38-85-41-89-48)73(113)92-51(22-14-16-28-80)67(107)91-53(24-18-30-86-79(83)84)68(108)93-54(26-27-63(104)105)69(109)95-55(32-42(2)3)66(106)88-39-62(103)90-56(33-43(4)5)71(111)99-60(40-102)78(118)119/h12-13,20-21,37-38,41-46,51-61,64-65,87,102H,11,14-19,22-36,39-40,80-82H2,1-10H3,(H,85,89)(H,88,106)(H,90,103)(H,91,107)(H,92,113)(H,93,108)(H,94,114)(H,95,109)(H,96,112)(H,97,116)(H,98,115)(H,99,111)(H,100,110)(H,104,105)(H,118,119)(H4,83,84,86)/t46-,51-,52-,53-,54-,55-,56-,57-,58-,59-,60-,61-,64-,65-/m0/s1. The number of aromatic amines is 2. The molecule has 1 fully saturated rings. The summed E-state index contributed by atoms with van der Waals surface area (Å²) >= 11 is 0. The number of nitrogens with one attached hydrogen (secondary N) is 14. The number of benzene rings is 1. The maximum absolute atomic E-state index is 15.3. The number of carboxylic acids is 2. The van der Waals surface area contributed by atoms with Crippen LogP contribution in [0.4, 0.5) is 0 Å². The van der Waals surface area contributed by atoms with Crippen LogP contribution in [0, 0.1) is 29.6 Å². The number of likely N-dealkylation sites (tertiary alicyclic amines) is 1. The van der Waals surface area contributed by atoms with Gasteiger partial charge in [-0.05, 0) is 144 Å². The molecular formula is C79H130N22O18. The highest BCUT2D eigenvalue weighted by Crippen LogP contribution is 2.24. The number of hydrogen-bond donors (Lipinski definition) is 22. The van der Waals surface area contributed by atoms with Gasteiger partial charge in [0.25, 0.3) is 0 Å². The third-order valence-corrected chi connectivity index (χ3v) is 20.2. The third kappa shape index (κ3) is 34.5. The lowest BCUT2D eigenvalue weighted by molar-refractivity contribution is -0.143. The molecule has 1 saturated heterocycles. The molecular weight excluding hydrogens is 1550 g/mol. The SMILES string of the molecule is CC[C@H](C)[C@H](N)C(=O)N[C@@H](CC(C)C)C(=O)N1CCC[C@H]1C(=O)N[C@@H](CCCCN)C(=O)N[C@H](C(=O)N[C@@H](Cc1c[nH]c2ccccc12)C(=O)N[C@@H](Cc1cnc[nH]1)C(=O)N[C@@H](CCCCN)C(=O)N[C@@H](CCCN=C(N)N)C(=O)N[C@@H](CCC(=O)O)C(=O)N[C@@H](CC(C)C)C(=O)NCC(=O)N[C@@H](CC(C)C)C(=O)N[C@@H](CO)C(=O)O)C(C)C. The van der Waals surface area contributed by atoms with Crippen molar-refractivity contribution in [2.75, 3.05) is 39.3 Å². The summed E-state index contributed by atoms with van der Waals surface area (Å²) in [6.45, 7) is 16.5. The number of rotatable bonds is 55. The number of nitrogens with two attached hydrogens (primary N) is 5. The Morgan fingerprint density at radius 2 is 1.04 bits per heavy atom. The van der Waals surface area contributed by atoms with Crippen molar-refractivity contribution in [3.05, 3.63) is 54.2 Å². The van der Waals surface area contributed by atoms with Crippen LogP contribution in [0.5, 0.6) is 0 Å². The van der Waals surface area contributed by atoms with E-state index < -0.39 is 199 Å². The van der Waals surface area contributed by atoms with Crippen molar-refractivity contribution in [3.8, 4) is 0 Å². The minimum atomic E-state index is -1.72. The average Bonchev–Trinajstić information content (AvgIpc) is 1.73. The van der Waals surface area contributed by atoms with Crippen LogP contribution in [0.15, 0.2) is 48.0 Å². The first kappa shape index (κ1) is 100. The molecule has 1 aromatic carbocycles. The number of aromatic nitrogens is 3. The molecule has 1 aliphatic rings. The van der Waals surface area contributed by atoms with Crippen LogP contribution in [-0.4, -0.2) is 248 Å². The Hall–Kier alpha value is -10.9. The van der Waals surface area contributed by atoms with E-state index in [4.69, 9.17) is 28.7 Å². The number of aliphatic hydroxyl groups excluding tert-OH is 1. The molecule has 0 bridgehead atoms. The number of nitrogens with zero attached hydrogens (tertiary/aromatic N) is 3. The molecule has 2 aromatic heterocycles. The molecule has 0 aliphatic carbocycles. The van der Waals surface area contributed by atoms with E-state index in [1.165, 1.54) is 17.4 Å². The van der Waals surface area contributed by atoms with Crippen LogP contribution in [0.25, 0.3) is 10.9 Å². The molecule has 0 saturated carbocycles.